The highest BCUT2D eigenvalue weighted by Gasteiger charge is 2.34. The summed E-state index contributed by atoms with van der Waals surface area (Å²) in [5.74, 6) is -2.78. The first kappa shape index (κ1) is 23.5. The van der Waals surface area contributed by atoms with Gasteiger partial charge in [0.15, 0.2) is 11.6 Å². The summed E-state index contributed by atoms with van der Waals surface area (Å²) in [7, 11) is 0. The Morgan fingerprint density at radius 1 is 0.879 bits per heavy atom. The summed E-state index contributed by atoms with van der Waals surface area (Å²) in [4.78, 5) is 0. The van der Waals surface area contributed by atoms with Gasteiger partial charge >= 0.3 is 6.36 Å². The second-order valence-electron chi connectivity index (χ2n) is 8.97. The van der Waals surface area contributed by atoms with Crippen molar-refractivity contribution in [3.63, 3.8) is 0 Å². The van der Waals surface area contributed by atoms with E-state index in [4.69, 9.17) is 0 Å². The van der Waals surface area contributed by atoms with E-state index in [1.165, 1.54) is 56.6 Å². The molecule has 0 spiro atoms. The van der Waals surface area contributed by atoms with Gasteiger partial charge in [-0.1, -0.05) is 62.6 Å². The highest BCUT2D eigenvalue weighted by atomic mass is 19.4. The molecule has 0 unspecified atom stereocenters. The molecule has 0 heterocycles. The smallest absolute Gasteiger partial charge is 0.399 e. The average molecular weight is 463 g/mol. The van der Waals surface area contributed by atoms with Crippen LogP contribution in [0.5, 0.6) is 5.75 Å². The second kappa shape index (κ2) is 9.70. The van der Waals surface area contributed by atoms with Gasteiger partial charge in [-0.25, -0.2) is 8.78 Å². The van der Waals surface area contributed by atoms with Crippen LogP contribution in [-0.4, -0.2) is 6.36 Å². The molecule has 0 atom stereocenters. The standard InChI is InChI=1S/C27H27F5O/c1-2-3-4-17-5-7-18(8-6-17)19-9-11-20(12-10-19)21-13-14-23-22(15-21)16-24(28)26(25(23)29)33-27(30,31)32/h9-18H,2-8H2,1H3/t17-,18-. The summed E-state index contributed by atoms with van der Waals surface area (Å²) in [5.41, 5.74) is 2.92. The Morgan fingerprint density at radius 2 is 1.55 bits per heavy atom. The van der Waals surface area contributed by atoms with Crippen molar-refractivity contribution < 1.29 is 26.7 Å². The zero-order valence-corrected chi connectivity index (χ0v) is 18.5. The Bertz CT molecular complexity index is 1100. The van der Waals surface area contributed by atoms with Gasteiger partial charge in [0.2, 0.25) is 5.75 Å². The molecule has 176 valence electrons. The van der Waals surface area contributed by atoms with Crippen LogP contribution >= 0.6 is 0 Å². The van der Waals surface area contributed by atoms with Crippen LogP contribution in [0.15, 0.2) is 48.5 Å². The molecule has 0 aliphatic heterocycles. The van der Waals surface area contributed by atoms with Gasteiger partial charge < -0.3 is 4.74 Å². The molecular weight excluding hydrogens is 435 g/mol. The van der Waals surface area contributed by atoms with Crippen molar-refractivity contribution in [2.75, 3.05) is 0 Å². The lowest BCUT2D eigenvalue weighted by Crippen LogP contribution is -2.19. The molecule has 1 saturated carbocycles. The third-order valence-electron chi connectivity index (χ3n) is 6.73. The molecule has 0 bridgehead atoms. The topological polar surface area (TPSA) is 9.23 Å². The van der Waals surface area contributed by atoms with E-state index in [1.54, 1.807) is 12.1 Å². The molecule has 1 aliphatic rings. The number of alkyl halides is 3. The molecule has 0 radical (unpaired) electrons. The fourth-order valence-corrected chi connectivity index (χ4v) is 4.93. The number of ether oxygens (including phenoxy) is 1. The molecule has 0 amide bonds. The third-order valence-corrected chi connectivity index (χ3v) is 6.73. The Hall–Kier alpha value is -2.63. The van der Waals surface area contributed by atoms with Gasteiger partial charge in [0, 0.05) is 5.39 Å². The molecule has 1 fully saturated rings. The summed E-state index contributed by atoms with van der Waals surface area (Å²) in [6.45, 7) is 2.23. The van der Waals surface area contributed by atoms with E-state index in [9.17, 15) is 22.0 Å². The SMILES string of the molecule is CCCC[C@H]1CC[C@H](c2ccc(-c3ccc4c(F)c(OC(F)(F)F)c(F)cc4c3)cc2)CC1. The average Bonchev–Trinajstić information content (AvgIpc) is 2.80. The fraction of sp³-hybridized carbons (Fsp3) is 0.407. The van der Waals surface area contributed by atoms with E-state index in [0.29, 0.717) is 5.92 Å². The van der Waals surface area contributed by atoms with Crippen molar-refractivity contribution in [2.24, 2.45) is 5.92 Å². The van der Waals surface area contributed by atoms with E-state index >= 15 is 0 Å². The Labute approximate surface area is 190 Å². The molecule has 3 aromatic carbocycles. The predicted molar refractivity (Wildman–Crippen MR) is 120 cm³/mol. The molecule has 1 aliphatic carbocycles. The summed E-state index contributed by atoms with van der Waals surface area (Å²) in [5, 5.41) is 0.0438. The first-order valence-electron chi connectivity index (χ1n) is 11.5. The summed E-state index contributed by atoms with van der Waals surface area (Å²) < 4.78 is 69.6. The number of hydrogen-bond donors (Lipinski definition) is 0. The highest BCUT2D eigenvalue weighted by molar-refractivity contribution is 5.89. The van der Waals surface area contributed by atoms with Crippen LogP contribution in [0.3, 0.4) is 0 Å². The second-order valence-corrected chi connectivity index (χ2v) is 8.97. The maximum Gasteiger partial charge on any atom is 0.573 e. The maximum atomic E-state index is 14.5. The quantitative estimate of drug-likeness (QED) is 0.332. The number of halogens is 5. The molecule has 4 rings (SSSR count). The van der Waals surface area contributed by atoms with Crippen LogP contribution < -0.4 is 4.74 Å². The van der Waals surface area contributed by atoms with Gasteiger partial charge in [0.25, 0.3) is 0 Å². The minimum absolute atomic E-state index is 0.129. The molecule has 6 heteroatoms. The largest absolute Gasteiger partial charge is 0.573 e. The van der Waals surface area contributed by atoms with Crippen molar-refractivity contribution in [3.05, 3.63) is 65.7 Å². The lowest BCUT2D eigenvalue weighted by atomic mass is 9.77. The van der Waals surface area contributed by atoms with Crippen molar-refractivity contribution in [1.29, 1.82) is 0 Å². The van der Waals surface area contributed by atoms with Crippen molar-refractivity contribution in [3.8, 4) is 16.9 Å². The molecule has 0 saturated heterocycles. The number of fused-ring (bicyclic) bond motifs is 1. The van der Waals surface area contributed by atoms with E-state index in [2.05, 4.69) is 23.8 Å². The van der Waals surface area contributed by atoms with Crippen LogP contribution in [0, 0.1) is 17.6 Å². The first-order chi connectivity index (χ1) is 15.7. The molecule has 1 nitrogen and oxygen atoms in total. The van der Waals surface area contributed by atoms with Crippen LogP contribution in [0.25, 0.3) is 21.9 Å². The summed E-state index contributed by atoms with van der Waals surface area (Å²) in [6.07, 6.45) is 3.65. The zero-order valence-electron chi connectivity index (χ0n) is 18.5. The van der Waals surface area contributed by atoms with Gasteiger partial charge in [0.05, 0.1) is 0 Å². The monoisotopic (exact) mass is 462 g/mol. The number of hydrogen-bond acceptors (Lipinski definition) is 1. The van der Waals surface area contributed by atoms with E-state index in [-0.39, 0.29) is 10.8 Å². The van der Waals surface area contributed by atoms with Crippen molar-refractivity contribution >= 4 is 10.8 Å². The molecule has 33 heavy (non-hydrogen) atoms. The van der Waals surface area contributed by atoms with Crippen LogP contribution in [0.1, 0.15) is 63.4 Å². The number of benzene rings is 3. The van der Waals surface area contributed by atoms with Gasteiger partial charge in [-0.15, -0.1) is 13.2 Å². The van der Waals surface area contributed by atoms with Crippen LogP contribution in [0.2, 0.25) is 0 Å². The third kappa shape index (κ3) is 5.48. The number of rotatable bonds is 6. The van der Waals surface area contributed by atoms with Crippen molar-refractivity contribution in [2.45, 2.75) is 64.1 Å². The van der Waals surface area contributed by atoms with Gasteiger partial charge in [0.1, 0.15) is 0 Å². The molecule has 0 aromatic heterocycles. The minimum Gasteiger partial charge on any atom is -0.399 e. The lowest BCUT2D eigenvalue weighted by molar-refractivity contribution is -0.276. The Kier molecular flexibility index (Phi) is 6.91. The predicted octanol–water partition coefficient (Wildman–Crippen LogP) is 9.15. The van der Waals surface area contributed by atoms with Crippen LogP contribution in [0.4, 0.5) is 22.0 Å². The zero-order chi connectivity index (χ0) is 23.6. The number of unbranched alkanes of at least 4 members (excludes halogenated alkanes) is 1. The summed E-state index contributed by atoms with van der Waals surface area (Å²) in [6, 6.07) is 13.6. The van der Waals surface area contributed by atoms with Crippen molar-refractivity contribution in [1.82, 2.24) is 0 Å². The summed E-state index contributed by atoms with van der Waals surface area (Å²) >= 11 is 0. The van der Waals surface area contributed by atoms with Gasteiger partial charge in [-0.3, -0.25) is 0 Å². The first-order valence-corrected chi connectivity index (χ1v) is 11.5. The van der Waals surface area contributed by atoms with Gasteiger partial charge in [-0.05, 0) is 71.7 Å². The van der Waals surface area contributed by atoms with Gasteiger partial charge in [-0.2, -0.15) is 0 Å². The lowest BCUT2D eigenvalue weighted by Gasteiger charge is -2.29. The van der Waals surface area contributed by atoms with E-state index in [0.717, 1.165) is 23.1 Å². The van der Waals surface area contributed by atoms with Crippen LogP contribution in [-0.2, 0) is 0 Å². The van der Waals surface area contributed by atoms with E-state index < -0.39 is 23.7 Å². The molecule has 3 aromatic rings. The Morgan fingerprint density at radius 3 is 2.18 bits per heavy atom. The highest BCUT2D eigenvalue weighted by Crippen LogP contribution is 2.39. The fourth-order valence-electron chi connectivity index (χ4n) is 4.93. The maximum absolute atomic E-state index is 14.5. The minimum atomic E-state index is -5.17. The molecular formula is C27H27F5O. The normalized spacial score (nSPS) is 19.1. The Balaban J connectivity index is 1.52. The molecule has 0 N–H and O–H groups in total. The van der Waals surface area contributed by atoms with E-state index in [1.807, 2.05) is 12.1 Å².